The van der Waals surface area contributed by atoms with Gasteiger partial charge in [-0.2, -0.15) is 0 Å². The van der Waals surface area contributed by atoms with Crippen molar-refractivity contribution in [2.24, 2.45) is 5.41 Å². The van der Waals surface area contributed by atoms with Crippen molar-refractivity contribution in [2.75, 3.05) is 0 Å². The molecule has 0 fully saturated rings. The fourth-order valence-corrected chi connectivity index (χ4v) is 1.19. The molecule has 0 aromatic rings. The monoisotopic (exact) mass is 152 g/mol. The third-order valence-electron chi connectivity index (χ3n) is 2.36. The summed E-state index contributed by atoms with van der Waals surface area (Å²) in [7, 11) is 0. The molecule has 0 aromatic carbocycles. The van der Waals surface area contributed by atoms with E-state index in [1.165, 1.54) is 0 Å². The molecule has 1 nitrogen and oxygen atoms in total. The van der Waals surface area contributed by atoms with Gasteiger partial charge in [0.15, 0.2) is 0 Å². The average Bonchev–Trinajstić information content (AvgIpc) is 2.56. The van der Waals surface area contributed by atoms with Crippen molar-refractivity contribution in [1.82, 2.24) is 0 Å². The summed E-state index contributed by atoms with van der Waals surface area (Å²) in [5.74, 6) is 0. The minimum absolute atomic E-state index is 0.170. The Balaban J connectivity index is 2.59. The first kappa shape index (κ1) is 8.54. The number of hydrogen-bond acceptors (Lipinski definition) is 1. The first-order valence-electron chi connectivity index (χ1n) is 4.03. The number of hydrogen-bond donors (Lipinski definition) is 1. The first-order chi connectivity index (χ1) is 4.99. The lowest BCUT2D eigenvalue weighted by Crippen LogP contribution is -2.10. The van der Waals surface area contributed by atoms with E-state index in [4.69, 9.17) is 0 Å². The van der Waals surface area contributed by atoms with Gasteiger partial charge in [0.2, 0.25) is 0 Å². The second-order valence-electron chi connectivity index (χ2n) is 3.76. The van der Waals surface area contributed by atoms with Gasteiger partial charge in [0.1, 0.15) is 0 Å². The smallest absolute Gasteiger partial charge is 0.0966 e. The minimum atomic E-state index is -0.338. The molecular weight excluding hydrogens is 136 g/mol. The van der Waals surface area contributed by atoms with E-state index in [2.05, 4.69) is 19.9 Å². The van der Waals surface area contributed by atoms with Crippen LogP contribution in [0.25, 0.3) is 0 Å². The van der Waals surface area contributed by atoms with E-state index < -0.39 is 0 Å². The van der Waals surface area contributed by atoms with Crippen molar-refractivity contribution in [3.8, 4) is 0 Å². The molecule has 1 aliphatic carbocycles. The molecule has 1 N–H and O–H groups in total. The van der Waals surface area contributed by atoms with E-state index in [9.17, 15) is 5.11 Å². The summed E-state index contributed by atoms with van der Waals surface area (Å²) in [6, 6.07) is 0. The number of rotatable bonds is 2. The van der Waals surface area contributed by atoms with Crippen LogP contribution in [-0.2, 0) is 0 Å². The van der Waals surface area contributed by atoms with Crippen molar-refractivity contribution in [1.29, 1.82) is 0 Å². The van der Waals surface area contributed by atoms with Gasteiger partial charge in [-0.3, -0.25) is 0 Å². The van der Waals surface area contributed by atoms with Gasteiger partial charge < -0.3 is 5.11 Å². The molecule has 0 bridgehead atoms. The lowest BCUT2D eigenvalue weighted by atomic mass is 9.99. The van der Waals surface area contributed by atoms with E-state index in [0.29, 0.717) is 0 Å². The summed E-state index contributed by atoms with van der Waals surface area (Å²) in [4.78, 5) is 0. The third-order valence-corrected chi connectivity index (χ3v) is 2.36. The number of aliphatic hydroxyl groups excluding tert-OH is 1. The van der Waals surface area contributed by atoms with Gasteiger partial charge in [-0.25, -0.2) is 0 Å². The molecule has 1 heteroatoms. The molecular formula is C10H16O. The zero-order valence-electron chi connectivity index (χ0n) is 7.68. The molecule has 1 unspecified atom stereocenters. The highest BCUT2D eigenvalue weighted by Gasteiger charge is 2.38. The Morgan fingerprint density at radius 2 is 2.09 bits per heavy atom. The quantitative estimate of drug-likeness (QED) is 0.602. The van der Waals surface area contributed by atoms with Crippen molar-refractivity contribution >= 4 is 0 Å². The predicted octanol–water partition coefficient (Wildman–Crippen LogP) is 2.28. The van der Waals surface area contributed by atoms with E-state index in [1.54, 1.807) is 0 Å². The van der Waals surface area contributed by atoms with Crippen LogP contribution >= 0.6 is 0 Å². The van der Waals surface area contributed by atoms with Crippen LogP contribution in [0.4, 0.5) is 0 Å². The molecule has 0 amide bonds. The van der Waals surface area contributed by atoms with Crippen LogP contribution in [-0.4, -0.2) is 11.2 Å². The summed E-state index contributed by atoms with van der Waals surface area (Å²) < 4.78 is 0. The number of allylic oxidation sites excluding steroid dienone is 2. The molecule has 0 spiro atoms. The molecule has 62 valence electrons. The lowest BCUT2D eigenvalue weighted by molar-refractivity contribution is 0.241. The minimum Gasteiger partial charge on any atom is -0.384 e. The Bertz CT molecular complexity index is 221. The normalized spacial score (nSPS) is 24.5. The zero-order valence-corrected chi connectivity index (χ0v) is 7.68. The predicted molar refractivity (Wildman–Crippen MR) is 47.3 cm³/mol. The molecule has 0 heterocycles. The maximum Gasteiger partial charge on any atom is 0.0966 e. The van der Waals surface area contributed by atoms with Crippen LogP contribution in [0.2, 0.25) is 0 Å². The molecule has 1 rings (SSSR count). The fraction of sp³-hybridized carbons (Fsp3) is 0.600. The maximum atomic E-state index is 9.66. The molecule has 0 aliphatic heterocycles. The summed E-state index contributed by atoms with van der Waals surface area (Å²) in [5, 5.41) is 9.66. The highest BCUT2D eigenvalue weighted by Crippen LogP contribution is 2.46. The van der Waals surface area contributed by atoms with Crippen LogP contribution < -0.4 is 0 Å². The van der Waals surface area contributed by atoms with Crippen LogP contribution in [0.5, 0.6) is 0 Å². The van der Waals surface area contributed by atoms with Gasteiger partial charge in [0, 0.05) is 5.41 Å². The standard InChI is InChI=1S/C10H16O/c1-5-7(2)9(11)8-6-10(8,3)4/h5-6,9,11H,1-4H3/b7-5-. The van der Waals surface area contributed by atoms with Gasteiger partial charge in [0.25, 0.3) is 0 Å². The molecule has 11 heavy (non-hydrogen) atoms. The summed E-state index contributed by atoms with van der Waals surface area (Å²) in [5.41, 5.74) is 2.37. The van der Waals surface area contributed by atoms with Gasteiger partial charge in [-0.1, -0.05) is 26.0 Å². The second kappa shape index (κ2) is 2.49. The molecule has 0 saturated carbocycles. The average molecular weight is 152 g/mol. The Morgan fingerprint density at radius 1 is 1.64 bits per heavy atom. The summed E-state index contributed by atoms with van der Waals surface area (Å²) in [6.45, 7) is 8.15. The second-order valence-corrected chi connectivity index (χ2v) is 3.76. The van der Waals surface area contributed by atoms with Crippen LogP contribution in [0.1, 0.15) is 27.7 Å². The van der Waals surface area contributed by atoms with Crippen molar-refractivity contribution in [3.05, 3.63) is 23.3 Å². The Labute approximate surface area is 68.4 Å². The molecule has 0 saturated heterocycles. The summed E-state index contributed by atoms with van der Waals surface area (Å²) >= 11 is 0. The first-order valence-corrected chi connectivity index (χ1v) is 4.03. The third kappa shape index (κ3) is 1.54. The van der Waals surface area contributed by atoms with Gasteiger partial charge in [-0.05, 0) is 25.0 Å². The largest absolute Gasteiger partial charge is 0.384 e. The molecule has 0 aromatic heterocycles. The Hall–Kier alpha value is -0.560. The molecule has 1 aliphatic rings. The SMILES string of the molecule is C/C=C(/C)C(O)C1=CC1(C)C. The topological polar surface area (TPSA) is 20.2 Å². The van der Waals surface area contributed by atoms with Gasteiger partial charge in [-0.15, -0.1) is 0 Å². The Morgan fingerprint density at radius 3 is 2.36 bits per heavy atom. The van der Waals surface area contributed by atoms with Crippen LogP contribution in [0.3, 0.4) is 0 Å². The highest BCUT2D eigenvalue weighted by molar-refractivity contribution is 5.43. The number of aliphatic hydroxyl groups is 1. The Kier molecular flexibility index (Phi) is 1.93. The lowest BCUT2D eigenvalue weighted by Gasteiger charge is -2.11. The van der Waals surface area contributed by atoms with E-state index in [-0.39, 0.29) is 11.5 Å². The van der Waals surface area contributed by atoms with E-state index >= 15 is 0 Å². The van der Waals surface area contributed by atoms with Gasteiger partial charge in [0.05, 0.1) is 6.10 Å². The van der Waals surface area contributed by atoms with Crippen molar-refractivity contribution in [2.45, 2.75) is 33.8 Å². The highest BCUT2D eigenvalue weighted by atomic mass is 16.3. The molecule has 1 atom stereocenters. The van der Waals surface area contributed by atoms with Gasteiger partial charge >= 0.3 is 0 Å². The molecule has 0 radical (unpaired) electrons. The van der Waals surface area contributed by atoms with Crippen LogP contribution in [0, 0.1) is 5.41 Å². The van der Waals surface area contributed by atoms with Crippen molar-refractivity contribution < 1.29 is 5.11 Å². The van der Waals surface area contributed by atoms with Crippen molar-refractivity contribution in [3.63, 3.8) is 0 Å². The van der Waals surface area contributed by atoms with E-state index in [0.717, 1.165) is 11.1 Å². The fourth-order valence-electron chi connectivity index (χ4n) is 1.19. The summed E-state index contributed by atoms with van der Waals surface area (Å²) in [6.07, 6.45) is 3.74. The zero-order chi connectivity index (χ0) is 8.65. The van der Waals surface area contributed by atoms with E-state index in [1.807, 2.05) is 19.9 Å². The maximum absolute atomic E-state index is 9.66. The van der Waals surface area contributed by atoms with Crippen LogP contribution in [0.15, 0.2) is 23.3 Å².